The van der Waals surface area contributed by atoms with Crippen molar-refractivity contribution in [3.8, 4) is 5.69 Å². The van der Waals surface area contributed by atoms with Gasteiger partial charge in [-0.25, -0.2) is 9.67 Å². The normalized spacial score (nSPS) is 12.4. The van der Waals surface area contributed by atoms with E-state index in [1.165, 1.54) is 6.33 Å². The van der Waals surface area contributed by atoms with E-state index in [-0.39, 0.29) is 5.88 Å². The molecule has 0 saturated heterocycles. The molecular formula is C11H12Cl2N4O. The van der Waals surface area contributed by atoms with Gasteiger partial charge >= 0.3 is 0 Å². The van der Waals surface area contributed by atoms with Crippen LogP contribution in [0.2, 0.25) is 5.02 Å². The van der Waals surface area contributed by atoms with Gasteiger partial charge in [0.25, 0.3) is 0 Å². The summed E-state index contributed by atoms with van der Waals surface area (Å²) < 4.78 is 1.57. The summed E-state index contributed by atoms with van der Waals surface area (Å²) in [5.74, 6) is 0.173. The molecule has 96 valence electrons. The number of anilines is 1. The fourth-order valence-electron chi connectivity index (χ4n) is 1.50. The minimum absolute atomic E-state index is 0.173. The SMILES string of the molecule is OC(CCl)CNc1cccc(Cl)c1-n1cncn1. The second-order valence-electron chi connectivity index (χ2n) is 3.67. The Labute approximate surface area is 114 Å². The molecule has 2 rings (SSSR count). The van der Waals surface area contributed by atoms with E-state index in [2.05, 4.69) is 15.4 Å². The van der Waals surface area contributed by atoms with Gasteiger partial charge in [0.15, 0.2) is 0 Å². The van der Waals surface area contributed by atoms with E-state index < -0.39 is 6.10 Å². The van der Waals surface area contributed by atoms with Crippen molar-refractivity contribution in [1.29, 1.82) is 0 Å². The van der Waals surface area contributed by atoms with Crippen LogP contribution in [0.4, 0.5) is 5.69 Å². The number of nitrogens with zero attached hydrogens (tertiary/aromatic N) is 3. The maximum absolute atomic E-state index is 9.45. The molecular weight excluding hydrogens is 275 g/mol. The van der Waals surface area contributed by atoms with Crippen molar-refractivity contribution in [2.45, 2.75) is 6.10 Å². The summed E-state index contributed by atoms with van der Waals surface area (Å²) in [6, 6.07) is 5.43. The number of halogens is 2. The molecule has 0 amide bonds. The van der Waals surface area contributed by atoms with E-state index in [1.807, 2.05) is 12.1 Å². The monoisotopic (exact) mass is 286 g/mol. The summed E-state index contributed by atoms with van der Waals surface area (Å²) >= 11 is 11.7. The zero-order valence-corrected chi connectivity index (χ0v) is 10.9. The molecule has 0 aliphatic carbocycles. The number of hydrogen-bond acceptors (Lipinski definition) is 4. The molecule has 1 aromatic carbocycles. The van der Waals surface area contributed by atoms with Gasteiger partial charge in [0.05, 0.1) is 22.7 Å². The van der Waals surface area contributed by atoms with Crippen LogP contribution in [0.5, 0.6) is 0 Å². The molecule has 0 aliphatic rings. The molecule has 5 nitrogen and oxygen atoms in total. The first kappa shape index (κ1) is 13.1. The molecule has 0 radical (unpaired) electrons. The van der Waals surface area contributed by atoms with Gasteiger partial charge in [-0.15, -0.1) is 11.6 Å². The van der Waals surface area contributed by atoms with Crippen LogP contribution >= 0.6 is 23.2 Å². The lowest BCUT2D eigenvalue weighted by atomic mass is 10.2. The van der Waals surface area contributed by atoms with Crippen molar-refractivity contribution in [3.63, 3.8) is 0 Å². The highest BCUT2D eigenvalue weighted by Crippen LogP contribution is 2.27. The van der Waals surface area contributed by atoms with Crippen LogP contribution in [0.25, 0.3) is 5.69 Å². The Kier molecular flexibility index (Phi) is 4.41. The van der Waals surface area contributed by atoms with E-state index in [1.54, 1.807) is 17.1 Å². The predicted octanol–water partition coefficient (Wildman–Crippen LogP) is 1.93. The highest BCUT2D eigenvalue weighted by atomic mass is 35.5. The van der Waals surface area contributed by atoms with E-state index in [0.717, 1.165) is 5.69 Å². The molecule has 1 atom stereocenters. The second-order valence-corrected chi connectivity index (χ2v) is 4.38. The maximum Gasteiger partial charge on any atom is 0.138 e. The summed E-state index contributed by atoms with van der Waals surface area (Å²) in [5.41, 5.74) is 1.45. The number of hydrogen-bond donors (Lipinski definition) is 2. The van der Waals surface area contributed by atoms with Gasteiger partial charge in [0.1, 0.15) is 18.3 Å². The zero-order valence-electron chi connectivity index (χ0n) is 9.42. The van der Waals surface area contributed by atoms with Crippen molar-refractivity contribution in [2.75, 3.05) is 17.7 Å². The van der Waals surface area contributed by atoms with Crippen molar-refractivity contribution >= 4 is 28.9 Å². The average molecular weight is 287 g/mol. The summed E-state index contributed by atoms with van der Waals surface area (Å²) in [6.07, 6.45) is 2.37. The van der Waals surface area contributed by atoms with E-state index in [9.17, 15) is 5.11 Å². The fourth-order valence-corrected chi connectivity index (χ4v) is 1.87. The molecule has 0 saturated carbocycles. The summed E-state index contributed by atoms with van der Waals surface area (Å²) in [4.78, 5) is 3.89. The number of aliphatic hydroxyl groups excluding tert-OH is 1. The largest absolute Gasteiger partial charge is 0.390 e. The van der Waals surface area contributed by atoms with E-state index in [4.69, 9.17) is 23.2 Å². The van der Waals surface area contributed by atoms with Gasteiger partial charge in [-0.3, -0.25) is 0 Å². The quantitative estimate of drug-likeness (QED) is 0.825. The third-order valence-electron chi connectivity index (χ3n) is 2.34. The Bertz CT molecular complexity index is 504. The molecule has 1 aromatic heterocycles. The number of rotatable bonds is 5. The van der Waals surface area contributed by atoms with Crippen LogP contribution in [0.1, 0.15) is 0 Å². The van der Waals surface area contributed by atoms with Crippen LogP contribution < -0.4 is 5.32 Å². The minimum atomic E-state index is -0.616. The average Bonchev–Trinajstić information content (AvgIpc) is 2.89. The lowest BCUT2D eigenvalue weighted by Crippen LogP contribution is -2.21. The van der Waals surface area contributed by atoms with Crippen molar-refractivity contribution in [3.05, 3.63) is 35.9 Å². The van der Waals surface area contributed by atoms with Crippen LogP contribution in [-0.2, 0) is 0 Å². The Morgan fingerprint density at radius 1 is 1.44 bits per heavy atom. The Hall–Kier alpha value is -1.30. The topological polar surface area (TPSA) is 63.0 Å². The molecule has 1 heterocycles. The first-order valence-electron chi connectivity index (χ1n) is 5.33. The summed E-state index contributed by atoms with van der Waals surface area (Å²) in [5, 5.41) is 17.1. The highest BCUT2D eigenvalue weighted by Gasteiger charge is 2.11. The van der Waals surface area contributed by atoms with Crippen LogP contribution in [0, 0.1) is 0 Å². The van der Waals surface area contributed by atoms with Crippen molar-refractivity contribution < 1.29 is 5.11 Å². The maximum atomic E-state index is 9.45. The van der Waals surface area contributed by atoms with Crippen LogP contribution in [0.15, 0.2) is 30.9 Å². The Morgan fingerprint density at radius 2 is 2.28 bits per heavy atom. The lowest BCUT2D eigenvalue weighted by molar-refractivity contribution is 0.211. The lowest BCUT2D eigenvalue weighted by Gasteiger charge is -2.14. The first-order valence-corrected chi connectivity index (χ1v) is 6.25. The van der Waals surface area contributed by atoms with Gasteiger partial charge < -0.3 is 10.4 Å². The molecule has 18 heavy (non-hydrogen) atoms. The number of benzene rings is 1. The van der Waals surface area contributed by atoms with Gasteiger partial charge in [-0.05, 0) is 12.1 Å². The van der Waals surface area contributed by atoms with E-state index >= 15 is 0 Å². The first-order chi connectivity index (χ1) is 8.72. The summed E-state index contributed by atoms with van der Waals surface area (Å²) in [7, 11) is 0. The third kappa shape index (κ3) is 2.93. The standard InChI is InChI=1S/C11H12Cl2N4O/c12-4-8(18)5-15-10-3-1-2-9(13)11(10)17-7-14-6-16-17/h1-3,6-8,15,18H,4-5H2. The molecule has 0 spiro atoms. The number of alkyl halides is 1. The molecule has 0 aliphatic heterocycles. The molecule has 0 bridgehead atoms. The van der Waals surface area contributed by atoms with Gasteiger partial charge in [0, 0.05) is 6.54 Å². The van der Waals surface area contributed by atoms with Gasteiger partial charge in [-0.1, -0.05) is 17.7 Å². The molecule has 2 aromatic rings. The second kappa shape index (κ2) is 6.04. The van der Waals surface area contributed by atoms with Crippen LogP contribution in [0.3, 0.4) is 0 Å². The fraction of sp³-hybridized carbons (Fsp3) is 0.273. The predicted molar refractivity (Wildman–Crippen MR) is 71.6 cm³/mol. The Balaban J connectivity index is 2.27. The van der Waals surface area contributed by atoms with Crippen LogP contribution in [-0.4, -0.2) is 38.4 Å². The number of para-hydroxylation sites is 1. The Morgan fingerprint density at radius 3 is 2.94 bits per heavy atom. The molecule has 0 fully saturated rings. The number of aromatic nitrogens is 3. The smallest absolute Gasteiger partial charge is 0.138 e. The van der Waals surface area contributed by atoms with Gasteiger partial charge in [-0.2, -0.15) is 5.10 Å². The number of nitrogens with one attached hydrogen (secondary N) is 1. The minimum Gasteiger partial charge on any atom is -0.390 e. The van der Waals surface area contributed by atoms with Crippen molar-refractivity contribution in [1.82, 2.24) is 14.8 Å². The number of aliphatic hydroxyl groups is 1. The molecule has 1 unspecified atom stereocenters. The summed E-state index contributed by atoms with van der Waals surface area (Å²) in [6.45, 7) is 0.339. The van der Waals surface area contributed by atoms with Gasteiger partial charge in [0.2, 0.25) is 0 Å². The van der Waals surface area contributed by atoms with Crippen molar-refractivity contribution in [2.24, 2.45) is 0 Å². The van der Waals surface area contributed by atoms with E-state index in [0.29, 0.717) is 17.3 Å². The molecule has 2 N–H and O–H groups in total. The zero-order chi connectivity index (χ0) is 13.0. The highest BCUT2D eigenvalue weighted by molar-refractivity contribution is 6.33. The third-order valence-corrected chi connectivity index (χ3v) is 3.00. The molecule has 7 heteroatoms.